The zero-order valence-electron chi connectivity index (χ0n) is 11.7. The molecular formula is C14H18N6O. The molecule has 2 aromatic heterocycles. The third kappa shape index (κ3) is 3.43. The van der Waals surface area contributed by atoms with Crippen molar-refractivity contribution < 1.29 is 4.79 Å². The van der Waals surface area contributed by atoms with Gasteiger partial charge in [0.2, 0.25) is 0 Å². The molecule has 0 aromatic carbocycles. The minimum absolute atomic E-state index is 0.240. The highest BCUT2D eigenvalue weighted by Gasteiger charge is 2.17. The second kappa shape index (κ2) is 6.45. The predicted molar refractivity (Wildman–Crippen MR) is 76.6 cm³/mol. The Hall–Kier alpha value is -2.28. The molecule has 3 heterocycles. The van der Waals surface area contributed by atoms with Gasteiger partial charge < -0.3 is 15.6 Å². The van der Waals surface area contributed by atoms with Crippen LogP contribution in [0, 0.1) is 0 Å². The second-order valence-electron chi connectivity index (χ2n) is 5.07. The van der Waals surface area contributed by atoms with Crippen molar-refractivity contribution >= 4 is 5.91 Å². The number of aromatic nitrogens is 4. The standard InChI is InChI=1S/C14H18N6O/c21-14(20-9-13-16-5-6-17-13)12-8-18-11(7-19-12)10-1-3-15-4-2-10/h5-8,10,15H,1-4,9H2,(H,16,17)(H,20,21). The molecule has 3 rings (SSSR count). The number of rotatable bonds is 4. The Labute approximate surface area is 122 Å². The van der Waals surface area contributed by atoms with Crippen molar-refractivity contribution in [3.63, 3.8) is 0 Å². The first-order valence-corrected chi connectivity index (χ1v) is 7.12. The molecule has 0 aliphatic carbocycles. The SMILES string of the molecule is O=C(NCc1ncc[nH]1)c1cnc(C2CCNCC2)cn1. The number of hydrogen-bond acceptors (Lipinski definition) is 5. The molecule has 2 aromatic rings. The fourth-order valence-corrected chi connectivity index (χ4v) is 2.43. The van der Waals surface area contributed by atoms with Crippen LogP contribution in [0.3, 0.4) is 0 Å². The molecule has 1 saturated heterocycles. The largest absolute Gasteiger partial charge is 0.347 e. The molecule has 0 saturated carbocycles. The molecular weight excluding hydrogens is 268 g/mol. The van der Waals surface area contributed by atoms with Gasteiger partial charge >= 0.3 is 0 Å². The number of carbonyl (C=O) groups is 1. The lowest BCUT2D eigenvalue weighted by Gasteiger charge is -2.21. The van der Waals surface area contributed by atoms with E-state index in [9.17, 15) is 4.79 Å². The van der Waals surface area contributed by atoms with Crippen molar-refractivity contribution in [3.05, 3.63) is 42.0 Å². The van der Waals surface area contributed by atoms with E-state index >= 15 is 0 Å². The van der Waals surface area contributed by atoms with Gasteiger partial charge in [-0.05, 0) is 25.9 Å². The maximum absolute atomic E-state index is 12.0. The quantitative estimate of drug-likeness (QED) is 0.765. The van der Waals surface area contributed by atoms with E-state index in [2.05, 4.69) is 30.6 Å². The second-order valence-corrected chi connectivity index (χ2v) is 5.07. The van der Waals surface area contributed by atoms with E-state index < -0.39 is 0 Å². The summed E-state index contributed by atoms with van der Waals surface area (Å²) in [5.41, 5.74) is 1.30. The molecule has 1 aliphatic rings. The van der Waals surface area contributed by atoms with Crippen molar-refractivity contribution in [1.29, 1.82) is 0 Å². The van der Waals surface area contributed by atoms with Crippen LogP contribution in [0.25, 0.3) is 0 Å². The molecule has 7 heteroatoms. The van der Waals surface area contributed by atoms with E-state index in [4.69, 9.17) is 0 Å². The van der Waals surface area contributed by atoms with Crippen molar-refractivity contribution in [2.75, 3.05) is 13.1 Å². The Bertz CT molecular complexity index is 574. The topological polar surface area (TPSA) is 95.6 Å². The number of carbonyl (C=O) groups excluding carboxylic acids is 1. The number of H-pyrrole nitrogens is 1. The molecule has 0 spiro atoms. The van der Waals surface area contributed by atoms with E-state index in [-0.39, 0.29) is 5.91 Å². The first kappa shape index (κ1) is 13.7. The summed E-state index contributed by atoms with van der Waals surface area (Å²) in [6.07, 6.45) is 8.77. The van der Waals surface area contributed by atoms with Crippen LogP contribution in [0.1, 0.15) is 40.8 Å². The Kier molecular flexibility index (Phi) is 4.20. The molecule has 1 fully saturated rings. The van der Waals surface area contributed by atoms with Gasteiger partial charge in [0, 0.05) is 24.5 Å². The molecule has 0 bridgehead atoms. The minimum atomic E-state index is -0.240. The van der Waals surface area contributed by atoms with E-state index in [1.165, 1.54) is 0 Å². The fraction of sp³-hybridized carbons (Fsp3) is 0.429. The molecule has 1 aliphatic heterocycles. The normalized spacial score (nSPS) is 15.8. The highest BCUT2D eigenvalue weighted by atomic mass is 16.1. The van der Waals surface area contributed by atoms with Crippen LogP contribution < -0.4 is 10.6 Å². The predicted octanol–water partition coefficient (Wildman–Crippen LogP) is 0.597. The van der Waals surface area contributed by atoms with Gasteiger partial charge in [-0.2, -0.15) is 0 Å². The van der Waals surface area contributed by atoms with Gasteiger partial charge in [-0.1, -0.05) is 0 Å². The van der Waals surface area contributed by atoms with E-state index in [1.807, 2.05) is 0 Å². The maximum atomic E-state index is 12.0. The molecule has 3 N–H and O–H groups in total. The molecule has 0 unspecified atom stereocenters. The number of aromatic amines is 1. The Morgan fingerprint density at radius 2 is 2.10 bits per heavy atom. The summed E-state index contributed by atoms with van der Waals surface area (Å²) in [5, 5.41) is 6.08. The molecule has 110 valence electrons. The molecule has 7 nitrogen and oxygen atoms in total. The third-order valence-corrected chi connectivity index (χ3v) is 3.63. The number of piperidine rings is 1. The van der Waals surface area contributed by atoms with Crippen LogP contribution in [-0.4, -0.2) is 38.9 Å². The monoisotopic (exact) mass is 286 g/mol. The first-order chi connectivity index (χ1) is 10.3. The van der Waals surface area contributed by atoms with Crippen LogP contribution in [0.15, 0.2) is 24.8 Å². The van der Waals surface area contributed by atoms with Gasteiger partial charge in [0.15, 0.2) is 0 Å². The highest BCUT2D eigenvalue weighted by molar-refractivity contribution is 5.91. The molecule has 0 atom stereocenters. The average molecular weight is 286 g/mol. The number of imidazole rings is 1. The van der Waals surface area contributed by atoms with Crippen LogP contribution in [-0.2, 0) is 6.54 Å². The lowest BCUT2D eigenvalue weighted by Crippen LogP contribution is -2.27. The van der Waals surface area contributed by atoms with Crippen molar-refractivity contribution in [2.45, 2.75) is 25.3 Å². The Morgan fingerprint density at radius 1 is 1.24 bits per heavy atom. The van der Waals surface area contributed by atoms with E-state index in [1.54, 1.807) is 24.8 Å². The smallest absolute Gasteiger partial charge is 0.271 e. The number of nitrogens with zero attached hydrogens (tertiary/aromatic N) is 3. The fourth-order valence-electron chi connectivity index (χ4n) is 2.43. The number of nitrogens with one attached hydrogen (secondary N) is 3. The maximum Gasteiger partial charge on any atom is 0.271 e. The number of amides is 1. The third-order valence-electron chi connectivity index (χ3n) is 3.63. The van der Waals surface area contributed by atoms with Gasteiger partial charge in [-0.25, -0.2) is 9.97 Å². The van der Waals surface area contributed by atoms with Gasteiger partial charge in [0.05, 0.1) is 18.4 Å². The van der Waals surface area contributed by atoms with Crippen molar-refractivity contribution in [2.24, 2.45) is 0 Å². The van der Waals surface area contributed by atoms with Gasteiger partial charge in [0.25, 0.3) is 5.91 Å². The van der Waals surface area contributed by atoms with Crippen LogP contribution in [0.4, 0.5) is 0 Å². The molecule has 1 amide bonds. The van der Waals surface area contributed by atoms with E-state index in [0.29, 0.717) is 24.0 Å². The molecule has 21 heavy (non-hydrogen) atoms. The van der Waals surface area contributed by atoms with Crippen molar-refractivity contribution in [1.82, 2.24) is 30.6 Å². The average Bonchev–Trinajstić information content (AvgIpc) is 3.07. The summed E-state index contributed by atoms with van der Waals surface area (Å²) in [6.45, 7) is 2.37. The highest BCUT2D eigenvalue weighted by Crippen LogP contribution is 2.22. The first-order valence-electron chi connectivity index (χ1n) is 7.12. The minimum Gasteiger partial charge on any atom is -0.347 e. The Balaban J connectivity index is 1.59. The number of hydrogen-bond donors (Lipinski definition) is 3. The molecule has 0 radical (unpaired) electrons. The van der Waals surface area contributed by atoms with E-state index in [0.717, 1.165) is 31.6 Å². The summed E-state index contributed by atoms with van der Waals surface area (Å²) in [5.74, 6) is 0.914. The van der Waals surface area contributed by atoms with Crippen LogP contribution in [0.2, 0.25) is 0 Å². The summed E-state index contributed by atoms with van der Waals surface area (Å²) >= 11 is 0. The van der Waals surface area contributed by atoms with Gasteiger partial charge in [-0.3, -0.25) is 9.78 Å². The van der Waals surface area contributed by atoms with Crippen LogP contribution >= 0.6 is 0 Å². The van der Waals surface area contributed by atoms with Gasteiger partial charge in [0.1, 0.15) is 11.5 Å². The zero-order valence-corrected chi connectivity index (χ0v) is 11.7. The zero-order chi connectivity index (χ0) is 14.5. The summed E-state index contributed by atoms with van der Waals surface area (Å²) in [4.78, 5) is 27.6. The lowest BCUT2D eigenvalue weighted by atomic mass is 9.95. The van der Waals surface area contributed by atoms with Gasteiger partial charge in [-0.15, -0.1) is 0 Å². The summed E-state index contributed by atoms with van der Waals surface area (Å²) in [7, 11) is 0. The lowest BCUT2D eigenvalue weighted by molar-refractivity contribution is 0.0944. The summed E-state index contributed by atoms with van der Waals surface area (Å²) in [6, 6.07) is 0. The Morgan fingerprint density at radius 3 is 2.76 bits per heavy atom. The summed E-state index contributed by atoms with van der Waals surface area (Å²) < 4.78 is 0. The van der Waals surface area contributed by atoms with Crippen LogP contribution in [0.5, 0.6) is 0 Å². The van der Waals surface area contributed by atoms with Crippen molar-refractivity contribution in [3.8, 4) is 0 Å².